The van der Waals surface area contributed by atoms with Gasteiger partial charge in [0.2, 0.25) is 5.91 Å². The lowest BCUT2D eigenvalue weighted by atomic mass is 9.92. The zero-order valence-electron chi connectivity index (χ0n) is 13.6. The van der Waals surface area contributed by atoms with Crippen molar-refractivity contribution in [2.24, 2.45) is 11.7 Å². The molecule has 2 amide bonds. The van der Waals surface area contributed by atoms with Gasteiger partial charge in [-0.3, -0.25) is 9.59 Å². The summed E-state index contributed by atoms with van der Waals surface area (Å²) in [5.41, 5.74) is 6.35. The minimum Gasteiger partial charge on any atom is -0.341 e. The summed E-state index contributed by atoms with van der Waals surface area (Å²) in [6.07, 6.45) is 1.91. The minimum absolute atomic E-state index is 0.0576. The molecule has 5 nitrogen and oxygen atoms in total. The maximum Gasteiger partial charge on any atom is 0.251 e. The van der Waals surface area contributed by atoms with Crippen LogP contribution in [0.5, 0.6) is 0 Å². The summed E-state index contributed by atoms with van der Waals surface area (Å²) >= 11 is 3.34. The Morgan fingerprint density at radius 3 is 2.65 bits per heavy atom. The first kappa shape index (κ1) is 17.9. The van der Waals surface area contributed by atoms with E-state index in [1.54, 1.807) is 31.2 Å². The van der Waals surface area contributed by atoms with Gasteiger partial charge in [-0.05, 0) is 49.9 Å². The molecule has 0 aromatic heterocycles. The molecule has 126 valence electrons. The van der Waals surface area contributed by atoms with Gasteiger partial charge in [-0.25, -0.2) is 0 Å². The Hall–Kier alpha value is -1.40. The summed E-state index contributed by atoms with van der Waals surface area (Å²) in [7, 11) is 0. The number of hydrogen-bond donors (Lipinski definition) is 2. The van der Waals surface area contributed by atoms with Crippen LogP contribution < -0.4 is 11.1 Å². The van der Waals surface area contributed by atoms with E-state index >= 15 is 0 Å². The first-order valence-corrected chi connectivity index (χ1v) is 8.78. The Morgan fingerprint density at radius 1 is 1.39 bits per heavy atom. The highest BCUT2D eigenvalue weighted by Gasteiger charge is 2.31. The van der Waals surface area contributed by atoms with Crippen LogP contribution in [0.1, 0.15) is 37.0 Å². The first-order valence-electron chi connectivity index (χ1n) is 7.99. The van der Waals surface area contributed by atoms with Crippen molar-refractivity contribution in [3.05, 3.63) is 34.3 Å². The van der Waals surface area contributed by atoms with Gasteiger partial charge in [-0.1, -0.05) is 22.9 Å². The van der Waals surface area contributed by atoms with Crippen molar-refractivity contribution in [3.63, 3.8) is 0 Å². The molecular formula is C17H24BrN3O2. The van der Waals surface area contributed by atoms with Gasteiger partial charge < -0.3 is 16.0 Å². The molecule has 0 spiro atoms. The van der Waals surface area contributed by atoms with Crippen LogP contribution in [0, 0.1) is 5.92 Å². The molecular weight excluding hydrogens is 358 g/mol. The Balaban J connectivity index is 1.99. The molecule has 0 radical (unpaired) electrons. The number of halogens is 1. The normalized spacial score (nSPS) is 22.5. The molecule has 3 atom stereocenters. The van der Waals surface area contributed by atoms with Gasteiger partial charge >= 0.3 is 0 Å². The standard InChI is InChI=1S/C17H24BrN3O2/c1-11-7-8-21(15(9-11)10-19)17(23)12(2)20-16(22)13-3-5-14(18)6-4-13/h3-6,11-12,15H,7-10,19H2,1-2H3,(H,20,22). The Bertz CT molecular complexity index is 561. The van der Waals surface area contributed by atoms with E-state index < -0.39 is 6.04 Å². The number of likely N-dealkylation sites (tertiary alicyclic amines) is 1. The highest BCUT2D eigenvalue weighted by atomic mass is 79.9. The SMILES string of the molecule is CC1CCN(C(=O)C(C)NC(=O)c2ccc(Br)cc2)C(CN)C1. The van der Waals surface area contributed by atoms with Gasteiger partial charge in [0.15, 0.2) is 0 Å². The van der Waals surface area contributed by atoms with E-state index in [1.165, 1.54) is 0 Å². The van der Waals surface area contributed by atoms with Gasteiger partial charge in [-0.2, -0.15) is 0 Å². The molecule has 1 saturated heterocycles. The van der Waals surface area contributed by atoms with Crippen molar-refractivity contribution >= 4 is 27.7 Å². The van der Waals surface area contributed by atoms with Gasteiger partial charge in [0.25, 0.3) is 5.91 Å². The lowest BCUT2D eigenvalue weighted by molar-refractivity contribution is -0.136. The second-order valence-electron chi connectivity index (χ2n) is 6.25. The molecule has 3 unspecified atom stereocenters. The van der Waals surface area contributed by atoms with Gasteiger partial charge in [0, 0.05) is 29.2 Å². The van der Waals surface area contributed by atoms with Crippen molar-refractivity contribution in [2.45, 2.75) is 38.8 Å². The Labute approximate surface area is 145 Å². The Kier molecular flexibility index (Phi) is 6.18. The molecule has 1 aliphatic rings. The molecule has 23 heavy (non-hydrogen) atoms. The average molecular weight is 382 g/mol. The van der Waals surface area contributed by atoms with E-state index in [2.05, 4.69) is 28.2 Å². The summed E-state index contributed by atoms with van der Waals surface area (Å²) in [5.74, 6) is 0.283. The summed E-state index contributed by atoms with van der Waals surface area (Å²) < 4.78 is 0.909. The summed E-state index contributed by atoms with van der Waals surface area (Å²) in [6.45, 7) is 5.08. The molecule has 3 N–H and O–H groups in total. The van der Waals surface area contributed by atoms with Gasteiger partial charge in [0.05, 0.1) is 0 Å². The average Bonchev–Trinajstić information content (AvgIpc) is 2.54. The van der Waals surface area contributed by atoms with E-state index in [0.717, 1.165) is 17.3 Å². The van der Waals surface area contributed by atoms with E-state index in [1.807, 2.05) is 4.90 Å². The monoisotopic (exact) mass is 381 g/mol. The van der Waals surface area contributed by atoms with Gasteiger partial charge in [0.1, 0.15) is 6.04 Å². The fourth-order valence-electron chi connectivity index (χ4n) is 2.96. The minimum atomic E-state index is -0.561. The fraction of sp³-hybridized carbons (Fsp3) is 0.529. The highest BCUT2D eigenvalue weighted by Crippen LogP contribution is 2.22. The number of rotatable bonds is 4. The maximum atomic E-state index is 12.6. The van der Waals surface area contributed by atoms with Crippen LogP contribution in [0.4, 0.5) is 0 Å². The second-order valence-corrected chi connectivity index (χ2v) is 7.17. The van der Waals surface area contributed by atoms with Crippen LogP contribution >= 0.6 is 15.9 Å². The van der Waals surface area contributed by atoms with Crippen LogP contribution in [-0.2, 0) is 4.79 Å². The molecule has 0 aliphatic carbocycles. The predicted octanol–water partition coefficient (Wildman–Crippen LogP) is 2.15. The number of piperidine rings is 1. The third kappa shape index (κ3) is 4.54. The van der Waals surface area contributed by atoms with Crippen molar-refractivity contribution in [1.82, 2.24) is 10.2 Å². The number of nitrogens with zero attached hydrogens (tertiary/aromatic N) is 1. The van der Waals surface area contributed by atoms with E-state index in [0.29, 0.717) is 24.6 Å². The molecule has 1 heterocycles. The molecule has 1 aliphatic heterocycles. The number of carbonyl (C=O) groups is 2. The maximum absolute atomic E-state index is 12.6. The molecule has 0 saturated carbocycles. The second kappa shape index (κ2) is 7.93. The summed E-state index contributed by atoms with van der Waals surface area (Å²) in [4.78, 5) is 26.7. The molecule has 6 heteroatoms. The quantitative estimate of drug-likeness (QED) is 0.838. The molecule has 1 aromatic rings. The van der Waals surface area contributed by atoms with Crippen molar-refractivity contribution in [2.75, 3.05) is 13.1 Å². The van der Waals surface area contributed by atoms with Crippen molar-refractivity contribution in [3.8, 4) is 0 Å². The molecule has 2 rings (SSSR count). The number of carbonyl (C=O) groups excluding carboxylic acids is 2. The summed E-state index contributed by atoms with van der Waals surface area (Å²) in [6, 6.07) is 6.56. The third-order valence-corrected chi connectivity index (χ3v) is 4.89. The number of benzene rings is 1. The zero-order valence-corrected chi connectivity index (χ0v) is 15.2. The van der Waals surface area contributed by atoms with E-state index in [-0.39, 0.29) is 17.9 Å². The summed E-state index contributed by atoms with van der Waals surface area (Å²) in [5, 5.41) is 2.78. The number of hydrogen-bond acceptors (Lipinski definition) is 3. The van der Waals surface area contributed by atoms with Crippen LogP contribution in [-0.4, -0.2) is 41.9 Å². The lowest BCUT2D eigenvalue weighted by Gasteiger charge is -2.39. The van der Waals surface area contributed by atoms with Crippen molar-refractivity contribution < 1.29 is 9.59 Å². The topological polar surface area (TPSA) is 75.4 Å². The highest BCUT2D eigenvalue weighted by molar-refractivity contribution is 9.10. The smallest absolute Gasteiger partial charge is 0.251 e. The predicted molar refractivity (Wildman–Crippen MR) is 94.0 cm³/mol. The zero-order chi connectivity index (χ0) is 17.0. The number of amides is 2. The fourth-order valence-corrected chi connectivity index (χ4v) is 3.22. The first-order chi connectivity index (χ1) is 10.9. The van der Waals surface area contributed by atoms with Crippen LogP contribution in [0.25, 0.3) is 0 Å². The molecule has 1 fully saturated rings. The lowest BCUT2D eigenvalue weighted by Crippen LogP contribution is -2.55. The van der Waals surface area contributed by atoms with Gasteiger partial charge in [-0.15, -0.1) is 0 Å². The van der Waals surface area contributed by atoms with Crippen LogP contribution in [0.3, 0.4) is 0 Å². The Morgan fingerprint density at radius 2 is 2.04 bits per heavy atom. The van der Waals surface area contributed by atoms with E-state index in [9.17, 15) is 9.59 Å². The van der Waals surface area contributed by atoms with Crippen LogP contribution in [0.2, 0.25) is 0 Å². The third-order valence-electron chi connectivity index (χ3n) is 4.36. The molecule has 0 bridgehead atoms. The number of nitrogens with two attached hydrogens (primary N) is 1. The van der Waals surface area contributed by atoms with E-state index in [4.69, 9.17) is 5.73 Å². The van der Waals surface area contributed by atoms with Crippen LogP contribution in [0.15, 0.2) is 28.7 Å². The largest absolute Gasteiger partial charge is 0.341 e. The van der Waals surface area contributed by atoms with Crippen molar-refractivity contribution in [1.29, 1.82) is 0 Å². The molecule has 1 aromatic carbocycles. The number of nitrogens with one attached hydrogen (secondary N) is 1.